The van der Waals surface area contributed by atoms with Gasteiger partial charge in [0.15, 0.2) is 0 Å². The van der Waals surface area contributed by atoms with E-state index in [1.54, 1.807) is 19.2 Å². The maximum Gasteiger partial charge on any atom is 0.310 e. The first-order valence-corrected chi connectivity index (χ1v) is 8.16. The van der Waals surface area contributed by atoms with E-state index in [-0.39, 0.29) is 12.4 Å². The number of hydrogen-bond acceptors (Lipinski definition) is 3. The summed E-state index contributed by atoms with van der Waals surface area (Å²) in [6.45, 7) is 6.25. The summed E-state index contributed by atoms with van der Waals surface area (Å²) in [5, 5.41) is 2.82. The van der Waals surface area contributed by atoms with Crippen LogP contribution in [0.2, 0.25) is 5.02 Å². The molecule has 22 heavy (non-hydrogen) atoms. The van der Waals surface area contributed by atoms with Crippen LogP contribution in [-0.2, 0) is 16.0 Å². The Kier molecular flexibility index (Phi) is 5.70. The molecule has 2 N–H and O–H groups in total. The molecule has 0 bridgehead atoms. The van der Waals surface area contributed by atoms with Gasteiger partial charge in [-0.15, -0.1) is 0 Å². The van der Waals surface area contributed by atoms with Crippen LogP contribution in [0.15, 0.2) is 18.2 Å². The average molecular weight is 327 g/mol. The van der Waals surface area contributed by atoms with Crippen LogP contribution in [-0.4, -0.2) is 31.8 Å². The van der Waals surface area contributed by atoms with Gasteiger partial charge in [0, 0.05) is 18.8 Å². The third kappa shape index (κ3) is 4.37. The van der Waals surface area contributed by atoms with Crippen LogP contribution in [0.5, 0.6) is 5.75 Å². The van der Waals surface area contributed by atoms with Crippen LogP contribution in [0.4, 0.5) is 0 Å². The number of carbonyl (C=O) groups excluding carboxylic acids is 1. The van der Waals surface area contributed by atoms with Gasteiger partial charge in [-0.1, -0.05) is 17.7 Å². The second-order valence-corrected chi connectivity index (χ2v) is 6.77. The molecule has 1 heterocycles. The van der Waals surface area contributed by atoms with Crippen molar-refractivity contribution in [2.75, 3.05) is 20.2 Å². The molecule has 2 rings (SSSR count). The lowest BCUT2D eigenvalue weighted by Crippen LogP contribution is -2.86. The first-order chi connectivity index (χ1) is 10.4. The zero-order chi connectivity index (χ0) is 16.2. The summed E-state index contributed by atoms with van der Waals surface area (Å²) in [5.74, 6) is 0.833. The van der Waals surface area contributed by atoms with Gasteiger partial charge in [-0.25, -0.2) is 0 Å². The van der Waals surface area contributed by atoms with Crippen molar-refractivity contribution < 1.29 is 19.6 Å². The van der Waals surface area contributed by atoms with Crippen molar-refractivity contribution in [3.63, 3.8) is 0 Å². The number of ether oxygens (including phenoxy) is 2. The van der Waals surface area contributed by atoms with Gasteiger partial charge in [0.2, 0.25) is 0 Å². The summed E-state index contributed by atoms with van der Waals surface area (Å²) in [6, 6.07) is 5.37. The van der Waals surface area contributed by atoms with E-state index >= 15 is 0 Å². The van der Waals surface area contributed by atoms with Crippen LogP contribution in [0.1, 0.15) is 32.3 Å². The quantitative estimate of drug-likeness (QED) is 0.844. The number of piperidine rings is 1. The van der Waals surface area contributed by atoms with Crippen molar-refractivity contribution in [3.8, 4) is 5.75 Å². The number of nitrogens with two attached hydrogens (primary N) is 1. The SMILES string of the molecule is COc1ccc(CC(=O)OC(C)(C)C2CC[NH2+]CC2)cc1Cl. The number of carbonyl (C=O) groups is 1. The van der Waals surface area contributed by atoms with Gasteiger partial charge in [0.05, 0.1) is 31.6 Å². The van der Waals surface area contributed by atoms with E-state index in [4.69, 9.17) is 21.1 Å². The normalized spacial score (nSPS) is 16.4. The Bertz CT molecular complexity index is 525. The maximum absolute atomic E-state index is 12.2. The highest BCUT2D eigenvalue weighted by Gasteiger charge is 2.35. The van der Waals surface area contributed by atoms with E-state index in [2.05, 4.69) is 5.32 Å². The fourth-order valence-electron chi connectivity index (χ4n) is 3.02. The Morgan fingerprint density at radius 1 is 1.36 bits per heavy atom. The van der Waals surface area contributed by atoms with Gasteiger partial charge in [-0.3, -0.25) is 4.79 Å². The molecule has 5 heteroatoms. The first-order valence-electron chi connectivity index (χ1n) is 7.78. The zero-order valence-electron chi connectivity index (χ0n) is 13.5. The van der Waals surface area contributed by atoms with Crippen LogP contribution >= 0.6 is 11.6 Å². The molecule has 0 aromatic heterocycles. The molecule has 1 aromatic carbocycles. The fourth-order valence-corrected chi connectivity index (χ4v) is 3.30. The average Bonchev–Trinajstić information content (AvgIpc) is 2.47. The Hall–Kier alpha value is -1.26. The smallest absolute Gasteiger partial charge is 0.310 e. The lowest BCUT2D eigenvalue weighted by atomic mass is 9.83. The second kappa shape index (κ2) is 7.34. The number of rotatable bonds is 5. The van der Waals surface area contributed by atoms with Gasteiger partial charge >= 0.3 is 5.97 Å². The molecule has 1 aromatic rings. The molecule has 1 fully saturated rings. The maximum atomic E-state index is 12.2. The number of quaternary nitrogens is 1. The van der Waals surface area contributed by atoms with Gasteiger partial charge in [-0.05, 0) is 31.5 Å². The van der Waals surface area contributed by atoms with E-state index in [0.717, 1.165) is 31.5 Å². The van der Waals surface area contributed by atoms with E-state index in [1.807, 2.05) is 19.9 Å². The van der Waals surface area contributed by atoms with Crippen LogP contribution in [0.25, 0.3) is 0 Å². The van der Waals surface area contributed by atoms with Crippen molar-refractivity contribution in [2.45, 2.75) is 38.7 Å². The highest BCUT2D eigenvalue weighted by molar-refractivity contribution is 6.32. The molecule has 1 aliphatic rings. The summed E-state index contributed by atoms with van der Waals surface area (Å²) in [5.41, 5.74) is 0.422. The topological polar surface area (TPSA) is 52.1 Å². The number of esters is 1. The number of methoxy groups -OCH3 is 1. The Balaban J connectivity index is 1.95. The minimum atomic E-state index is -0.415. The third-order valence-corrected chi connectivity index (χ3v) is 4.66. The van der Waals surface area contributed by atoms with Crippen LogP contribution < -0.4 is 10.1 Å². The van der Waals surface area contributed by atoms with Crippen molar-refractivity contribution in [3.05, 3.63) is 28.8 Å². The molecule has 4 nitrogen and oxygen atoms in total. The zero-order valence-corrected chi connectivity index (χ0v) is 14.3. The van der Waals surface area contributed by atoms with Gasteiger partial charge in [-0.2, -0.15) is 0 Å². The standard InChI is InChI=1S/C17H24ClNO3/c1-17(2,13-6-8-19-9-7-13)22-16(20)11-12-4-5-15(21-3)14(18)10-12/h4-5,10,13,19H,6-9,11H2,1-3H3/p+1. The summed E-state index contributed by atoms with van der Waals surface area (Å²) in [6.07, 6.45) is 2.41. The van der Waals surface area contributed by atoms with Gasteiger partial charge in [0.1, 0.15) is 11.4 Å². The minimum absolute atomic E-state index is 0.208. The molecular weight excluding hydrogens is 302 g/mol. The lowest BCUT2D eigenvalue weighted by molar-refractivity contribution is -0.665. The van der Waals surface area contributed by atoms with Crippen LogP contribution in [0.3, 0.4) is 0 Å². The largest absolute Gasteiger partial charge is 0.495 e. The van der Waals surface area contributed by atoms with Crippen molar-refractivity contribution in [1.82, 2.24) is 0 Å². The van der Waals surface area contributed by atoms with Gasteiger partial charge in [0.25, 0.3) is 0 Å². The highest BCUT2D eigenvalue weighted by atomic mass is 35.5. The molecule has 122 valence electrons. The van der Waals surface area contributed by atoms with E-state index in [1.165, 1.54) is 0 Å². The molecule has 1 aliphatic heterocycles. The highest BCUT2D eigenvalue weighted by Crippen LogP contribution is 2.29. The number of hydrogen-bond donors (Lipinski definition) is 1. The number of halogens is 1. The van der Waals surface area contributed by atoms with E-state index < -0.39 is 5.60 Å². The fraction of sp³-hybridized carbons (Fsp3) is 0.588. The molecule has 0 saturated carbocycles. The lowest BCUT2D eigenvalue weighted by Gasteiger charge is -2.35. The molecule has 0 atom stereocenters. The molecule has 0 amide bonds. The monoisotopic (exact) mass is 326 g/mol. The van der Waals surface area contributed by atoms with E-state index in [9.17, 15) is 4.79 Å². The van der Waals surface area contributed by atoms with E-state index in [0.29, 0.717) is 16.7 Å². The summed E-state index contributed by atoms with van der Waals surface area (Å²) < 4.78 is 10.9. The van der Waals surface area contributed by atoms with Crippen molar-refractivity contribution in [1.29, 1.82) is 0 Å². The van der Waals surface area contributed by atoms with Gasteiger partial charge < -0.3 is 14.8 Å². The minimum Gasteiger partial charge on any atom is -0.495 e. The summed E-state index contributed by atoms with van der Waals surface area (Å²) in [4.78, 5) is 12.2. The molecule has 0 radical (unpaired) electrons. The van der Waals surface area contributed by atoms with Crippen molar-refractivity contribution >= 4 is 17.6 Å². The predicted octanol–water partition coefficient (Wildman–Crippen LogP) is 2.19. The summed E-state index contributed by atoms with van der Waals surface area (Å²) in [7, 11) is 1.57. The first kappa shape index (κ1) is 17.1. The molecule has 1 saturated heterocycles. The molecule has 0 aliphatic carbocycles. The van der Waals surface area contributed by atoms with Crippen molar-refractivity contribution in [2.24, 2.45) is 5.92 Å². The summed E-state index contributed by atoms with van der Waals surface area (Å²) >= 11 is 6.09. The molecule has 0 spiro atoms. The molecular formula is C17H25ClNO3+. The number of benzene rings is 1. The van der Waals surface area contributed by atoms with Crippen LogP contribution in [0, 0.1) is 5.92 Å². The predicted molar refractivity (Wildman–Crippen MR) is 86.3 cm³/mol. The third-order valence-electron chi connectivity index (χ3n) is 4.36. The second-order valence-electron chi connectivity index (χ2n) is 6.36. The molecule has 0 unspecified atom stereocenters. The Morgan fingerprint density at radius 2 is 2.05 bits per heavy atom. The Labute approximate surface area is 137 Å². The Morgan fingerprint density at radius 3 is 2.64 bits per heavy atom.